The number of hydrogen-bond donors (Lipinski definition) is 1. The molecule has 1 atom stereocenters. The summed E-state index contributed by atoms with van der Waals surface area (Å²) >= 11 is 1.63. The van der Waals surface area contributed by atoms with Crippen molar-refractivity contribution in [2.75, 3.05) is 12.3 Å². The van der Waals surface area contributed by atoms with Gasteiger partial charge in [0.15, 0.2) is 0 Å². The number of nitrogens with zero attached hydrogens (tertiary/aromatic N) is 4. The highest BCUT2D eigenvalue weighted by Crippen LogP contribution is 2.42. The lowest BCUT2D eigenvalue weighted by Crippen LogP contribution is -2.35. The fourth-order valence-electron chi connectivity index (χ4n) is 4.12. The minimum absolute atomic E-state index is 0.145. The average molecular weight is 406 g/mol. The van der Waals surface area contributed by atoms with Crippen LogP contribution in [-0.2, 0) is 4.74 Å². The normalized spacial score (nSPS) is 18.9. The van der Waals surface area contributed by atoms with Crippen molar-refractivity contribution in [2.45, 2.75) is 38.3 Å². The van der Waals surface area contributed by atoms with Gasteiger partial charge in [-0.1, -0.05) is 30.3 Å². The lowest BCUT2D eigenvalue weighted by atomic mass is 9.93. The lowest BCUT2D eigenvalue weighted by molar-refractivity contribution is -0.0688. The molecule has 1 aliphatic rings. The van der Waals surface area contributed by atoms with Crippen molar-refractivity contribution in [1.29, 1.82) is 0 Å². The number of imidazole rings is 1. The van der Waals surface area contributed by atoms with Crippen LogP contribution in [0.1, 0.15) is 32.7 Å². The van der Waals surface area contributed by atoms with Crippen LogP contribution in [0.4, 0.5) is 5.82 Å². The molecular weight excluding hydrogens is 382 g/mol. The quantitative estimate of drug-likeness (QED) is 0.523. The molecule has 3 aromatic heterocycles. The molecule has 1 aromatic carbocycles. The zero-order valence-electron chi connectivity index (χ0n) is 16.5. The molecule has 1 aliphatic heterocycles. The van der Waals surface area contributed by atoms with E-state index >= 15 is 0 Å². The van der Waals surface area contributed by atoms with Crippen LogP contribution in [0, 0.1) is 0 Å². The Bertz CT molecular complexity index is 1160. The van der Waals surface area contributed by atoms with E-state index in [2.05, 4.69) is 46.6 Å². The van der Waals surface area contributed by atoms with E-state index in [-0.39, 0.29) is 5.60 Å². The van der Waals surface area contributed by atoms with Crippen molar-refractivity contribution < 1.29 is 4.74 Å². The molecule has 0 bridgehead atoms. The molecule has 148 valence electrons. The van der Waals surface area contributed by atoms with Gasteiger partial charge in [-0.25, -0.2) is 15.0 Å². The number of ether oxygens (including phenoxy) is 1. The Hall–Kier alpha value is -2.77. The molecule has 7 heteroatoms. The van der Waals surface area contributed by atoms with Crippen molar-refractivity contribution in [3.05, 3.63) is 49.1 Å². The largest absolute Gasteiger partial charge is 0.383 e. The van der Waals surface area contributed by atoms with Gasteiger partial charge in [0.2, 0.25) is 0 Å². The third-order valence-corrected chi connectivity index (χ3v) is 6.55. The van der Waals surface area contributed by atoms with Crippen LogP contribution in [-0.4, -0.2) is 31.7 Å². The van der Waals surface area contributed by atoms with Crippen molar-refractivity contribution in [3.8, 4) is 21.8 Å². The highest BCUT2D eigenvalue weighted by atomic mass is 32.1. The summed E-state index contributed by atoms with van der Waals surface area (Å²) in [5, 5.41) is 0.895. The summed E-state index contributed by atoms with van der Waals surface area (Å²) in [6, 6.07) is 12.7. The van der Waals surface area contributed by atoms with Gasteiger partial charge in [0, 0.05) is 18.2 Å². The number of fused-ring (bicyclic) bond motifs is 1. The van der Waals surface area contributed by atoms with Crippen molar-refractivity contribution in [3.63, 3.8) is 0 Å². The number of nitrogen functional groups attached to an aromatic ring is 1. The lowest BCUT2D eigenvalue weighted by Gasteiger charge is -2.36. The van der Waals surface area contributed by atoms with E-state index < -0.39 is 0 Å². The van der Waals surface area contributed by atoms with Gasteiger partial charge >= 0.3 is 0 Å². The summed E-state index contributed by atoms with van der Waals surface area (Å²) in [5.74, 6) is 0.511. The second kappa shape index (κ2) is 6.93. The van der Waals surface area contributed by atoms with E-state index in [0.29, 0.717) is 11.9 Å². The van der Waals surface area contributed by atoms with Gasteiger partial charge in [0.1, 0.15) is 17.0 Å². The number of rotatable bonds is 3. The fraction of sp³-hybridized carbons (Fsp3) is 0.318. The van der Waals surface area contributed by atoms with Gasteiger partial charge in [0.25, 0.3) is 0 Å². The molecule has 0 spiro atoms. The standard InChI is InChI=1S/C22H23N5OS/c1-22(2)11-15(8-9-28-22)27-13-26-18(14-6-4-3-5-7-14)19(27)17-10-16-20(23)24-12-25-21(16)29-17/h3-7,10,12-13,15H,8-9,11H2,1-2H3,(H2,23,24,25). The van der Waals surface area contributed by atoms with Gasteiger partial charge in [-0.05, 0) is 32.8 Å². The van der Waals surface area contributed by atoms with E-state index in [4.69, 9.17) is 15.5 Å². The van der Waals surface area contributed by atoms with E-state index in [1.165, 1.54) is 6.33 Å². The number of hydrogen-bond acceptors (Lipinski definition) is 6. The van der Waals surface area contributed by atoms with E-state index in [1.807, 2.05) is 24.5 Å². The Morgan fingerprint density at radius 1 is 1.17 bits per heavy atom. The average Bonchev–Trinajstić information content (AvgIpc) is 3.33. The minimum atomic E-state index is -0.145. The molecule has 1 fully saturated rings. The first-order chi connectivity index (χ1) is 14.0. The molecule has 4 heterocycles. The van der Waals surface area contributed by atoms with Crippen LogP contribution in [0.3, 0.4) is 0 Å². The SMILES string of the molecule is CC1(C)CC(n2cnc(-c3ccccc3)c2-c2cc3c(N)ncnc3s2)CCO1. The van der Waals surface area contributed by atoms with E-state index in [0.717, 1.165) is 51.5 Å². The molecule has 0 aliphatic carbocycles. The molecule has 1 saturated heterocycles. The van der Waals surface area contributed by atoms with Crippen molar-refractivity contribution >= 4 is 27.4 Å². The second-order valence-corrected chi connectivity index (χ2v) is 9.09. The Kier molecular flexibility index (Phi) is 4.37. The summed E-state index contributed by atoms with van der Waals surface area (Å²) in [7, 11) is 0. The summed E-state index contributed by atoms with van der Waals surface area (Å²) in [5.41, 5.74) is 9.15. The first-order valence-corrected chi connectivity index (χ1v) is 10.6. The molecule has 0 amide bonds. The van der Waals surface area contributed by atoms with Crippen LogP contribution in [0.2, 0.25) is 0 Å². The second-order valence-electron chi connectivity index (χ2n) is 8.06. The number of nitrogens with two attached hydrogens (primary N) is 1. The van der Waals surface area contributed by atoms with Crippen LogP contribution in [0.5, 0.6) is 0 Å². The summed E-state index contributed by atoms with van der Waals surface area (Å²) in [6.45, 7) is 5.06. The topological polar surface area (TPSA) is 78.9 Å². The van der Waals surface area contributed by atoms with E-state index in [1.54, 1.807) is 11.3 Å². The van der Waals surface area contributed by atoms with Crippen molar-refractivity contribution in [1.82, 2.24) is 19.5 Å². The first-order valence-electron chi connectivity index (χ1n) is 9.78. The predicted octanol–water partition coefficient (Wildman–Crippen LogP) is 4.93. The smallest absolute Gasteiger partial charge is 0.135 e. The highest BCUT2D eigenvalue weighted by Gasteiger charge is 2.32. The maximum absolute atomic E-state index is 6.11. The molecule has 4 aromatic rings. The Morgan fingerprint density at radius 2 is 2.00 bits per heavy atom. The molecule has 0 radical (unpaired) electrons. The van der Waals surface area contributed by atoms with Crippen LogP contribution < -0.4 is 5.73 Å². The number of anilines is 1. The number of thiophene rings is 1. The molecule has 1 unspecified atom stereocenters. The molecule has 5 rings (SSSR count). The molecular formula is C22H23N5OS. The van der Waals surface area contributed by atoms with Crippen molar-refractivity contribution in [2.24, 2.45) is 0 Å². The van der Waals surface area contributed by atoms with Gasteiger partial charge in [-0.2, -0.15) is 0 Å². The van der Waals surface area contributed by atoms with Crippen LogP contribution in [0.15, 0.2) is 49.1 Å². The molecule has 0 saturated carbocycles. The Labute approximate surface area is 173 Å². The highest BCUT2D eigenvalue weighted by molar-refractivity contribution is 7.21. The van der Waals surface area contributed by atoms with Gasteiger partial charge < -0.3 is 15.0 Å². The zero-order chi connectivity index (χ0) is 20.0. The zero-order valence-corrected chi connectivity index (χ0v) is 17.3. The van der Waals surface area contributed by atoms with Crippen LogP contribution in [0.25, 0.3) is 32.0 Å². The summed E-state index contributed by atoms with van der Waals surface area (Å²) in [6.07, 6.45) is 5.41. The summed E-state index contributed by atoms with van der Waals surface area (Å²) < 4.78 is 8.27. The minimum Gasteiger partial charge on any atom is -0.383 e. The maximum Gasteiger partial charge on any atom is 0.135 e. The van der Waals surface area contributed by atoms with Gasteiger partial charge in [-0.3, -0.25) is 0 Å². The Morgan fingerprint density at radius 3 is 2.76 bits per heavy atom. The van der Waals surface area contributed by atoms with Gasteiger partial charge in [-0.15, -0.1) is 11.3 Å². The molecule has 2 N–H and O–H groups in total. The first kappa shape index (κ1) is 18.3. The molecule has 29 heavy (non-hydrogen) atoms. The van der Waals surface area contributed by atoms with Gasteiger partial charge in [0.05, 0.1) is 33.6 Å². The fourth-order valence-corrected chi connectivity index (χ4v) is 5.17. The number of benzene rings is 1. The monoisotopic (exact) mass is 405 g/mol. The third-order valence-electron chi connectivity index (χ3n) is 5.50. The molecule has 6 nitrogen and oxygen atoms in total. The Balaban J connectivity index is 1.70. The summed E-state index contributed by atoms with van der Waals surface area (Å²) in [4.78, 5) is 15.4. The predicted molar refractivity (Wildman–Crippen MR) is 117 cm³/mol. The maximum atomic E-state index is 6.11. The van der Waals surface area contributed by atoms with Crippen LogP contribution >= 0.6 is 11.3 Å². The number of aromatic nitrogens is 4. The van der Waals surface area contributed by atoms with E-state index in [9.17, 15) is 0 Å². The third kappa shape index (κ3) is 3.30.